The highest BCUT2D eigenvalue weighted by atomic mass is 32.1. The van der Waals surface area contributed by atoms with Crippen molar-refractivity contribution in [3.8, 4) is 0 Å². The number of likely N-dealkylation sites (tertiary alicyclic amines) is 1. The standard InChI is InChI=1S/C15H22N2OS/c16-15(19)13-7-5-12(6-8-13)11-17-9-1-3-14(17)4-2-10-18/h5-8,14,18H,1-4,9-11H2,(H2,16,19). The van der Waals surface area contributed by atoms with Gasteiger partial charge in [0, 0.05) is 24.8 Å². The zero-order chi connectivity index (χ0) is 13.7. The van der Waals surface area contributed by atoms with Gasteiger partial charge in [0.15, 0.2) is 0 Å². The first-order valence-electron chi connectivity index (χ1n) is 6.94. The van der Waals surface area contributed by atoms with Gasteiger partial charge in [-0.2, -0.15) is 0 Å². The van der Waals surface area contributed by atoms with Crippen LogP contribution in [0.4, 0.5) is 0 Å². The van der Waals surface area contributed by atoms with E-state index in [0.29, 0.717) is 17.6 Å². The van der Waals surface area contributed by atoms with Crippen molar-refractivity contribution in [2.24, 2.45) is 5.73 Å². The van der Waals surface area contributed by atoms with Gasteiger partial charge in [0.25, 0.3) is 0 Å². The van der Waals surface area contributed by atoms with Crippen molar-refractivity contribution in [2.75, 3.05) is 13.2 Å². The molecule has 0 spiro atoms. The maximum absolute atomic E-state index is 8.94. The predicted molar refractivity (Wildman–Crippen MR) is 82.1 cm³/mol. The zero-order valence-corrected chi connectivity index (χ0v) is 12.0. The molecule has 0 radical (unpaired) electrons. The van der Waals surface area contributed by atoms with Crippen LogP contribution in [0.1, 0.15) is 36.8 Å². The third-order valence-corrected chi connectivity index (χ3v) is 4.05. The zero-order valence-electron chi connectivity index (χ0n) is 11.2. The molecule has 3 N–H and O–H groups in total. The summed E-state index contributed by atoms with van der Waals surface area (Å²) < 4.78 is 0. The number of nitrogens with two attached hydrogens (primary N) is 1. The van der Waals surface area contributed by atoms with Crippen molar-refractivity contribution in [2.45, 2.75) is 38.3 Å². The van der Waals surface area contributed by atoms with Gasteiger partial charge in [0.2, 0.25) is 0 Å². The van der Waals surface area contributed by atoms with Crippen LogP contribution in [0.5, 0.6) is 0 Å². The number of hydrogen-bond donors (Lipinski definition) is 2. The summed E-state index contributed by atoms with van der Waals surface area (Å²) in [5.74, 6) is 0. The minimum atomic E-state index is 0.299. The van der Waals surface area contributed by atoms with E-state index in [9.17, 15) is 0 Å². The van der Waals surface area contributed by atoms with E-state index in [-0.39, 0.29) is 0 Å². The topological polar surface area (TPSA) is 49.5 Å². The van der Waals surface area contributed by atoms with Crippen molar-refractivity contribution >= 4 is 17.2 Å². The van der Waals surface area contributed by atoms with Crippen LogP contribution >= 0.6 is 12.2 Å². The Balaban J connectivity index is 1.94. The van der Waals surface area contributed by atoms with Gasteiger partial charge in [-0.25, -0.2) is 0 Å². The monoisotopic (exact) mass is 278 g/mol. The second kappa shape index (κ2) is 6.98. The summed E-state index contributed by atoms with van der Waals surface area (Å²) in [6.45, 7) is 2.44. The largest absolute Gasteiger partial charge is 0.396 e. The van der Waals surface area contributed by atoms with Gasteiger partial charge in [0.1, 0.15) is 4.99 Å². The summed E-state index contributed by atoms with van der Waals surface area (Å²) >= 11 is 4.96. The van der Waals surface area contributed by atoms with Crippen molar-refractivity contribution in [1.29, 1.82) is 0 Å². The normalized spacial score (nSPS) is 19.7. The van der Waals surface area contributed by atoms with Crippen LogP contribution in [0, 0.1) is 0 Å². The van der Waals surface area contributed by atoms with Crippen LogP contribution < -0.4 is 5.73 Å². The first kappa shape index (κ1) is 14.4. The molecule has 1 saturated heterocycles. The number of hydrogen-bond acceptors (Lipinski definition) is 3. The van der Waals surface area contributed by atoms with Gasteiger partial charge in [-0.1, -0.05) is 36.5 Å². The summed E-state index contributed by atoms with van der Waals surface area (Å²) in [7, 11) is 0. The lowest BCUT2D eigenvalue weighted by Crippen LogP contribution is -2.29. The molecule has 104 valence electrons. The molecule has 1 fully saturated rings. The molecule has 19 heavy (non-hydrogen) atoms. The SMILES string of the molecule is NC(=S)c1ccc(CN2CCCC2CCCO)cc1. The van der Waals surface area contributed by atoms with Gasteiger partial charge in [-0.15, -0.1) is 0 Å². The minimum Gasteiger partial charge on any atom is -0.396 e. The third-order valence-electron chi connectivity index (χ3n) is 3.82. The highest BCUT2D eigenvalue weighted by Crippen LogP contribution is 2.23. The molecule has 4 heteroatoms. The molecular formula is C15H22N2OS. The molecule has 1 unspecified atom stereocenters. The summed E-state index contributed by atoms with van der Waals surface area (Å²) in [6, 6.07) is 8.83. The van der Waals surface area contributed by atoms with Crippen molar-refractivity contribution < 1.29 is 5.11 Å². The second-order valence-electron chi connectivity index (χ2n) is 5.19. The maximum atomic E-state index is 8.94. The van der Waals surface area contributed by atoms with Crippen molar-refractivity contribution in [3.63, 3.8) is 0 Å². The Morgan fingerprint density at radius 2 is 2.11 bits per heavy atom. The Kier molecular flexibility index (Phi) is 5.31. The van der Waals surface area contributed by atoms with E-state index in [1.165, 1.54) is 18.4 Å². The van der Waals surface area contributed by atoms with Crippen LogP contribution in [0.2, 0.25) is 0 Å². The van der Waals surface area contributed by atoms with Crippen LogP contribution in [0.15, 0.2) is 24.3 Å². The molecule has 0 bridgehead atoms. The molecule has 1 heterocycles. The molecule has 1 aromatic carbocycles. The molecule has 2 rings (SSSR count). The molecule has 0 aliphatic carbocycles. The minimum absolute atomic E-state index is 0.299. The molecule has 0 aromatic heterocycles. The summed E-state index contributed by atoms with van der Waals surface area (Å²) in [5.41, 5.74) is 7.83. The van der Waals surface area contributed by atoms with Crippen LogP contribution in [0.3, 0.4) is 0 Å². The van der Waals surface area contributed by atoms with Crippen LogP contribution in [0.25, 0.3) is 0 Å². The molecule has 1 atom stereocenters. The van der Waals surface area contributed by atoms with Gasteiger partial charge in [0.05, 0.1) is 0 Å². The number of aliphatic hydroxyl groups is 1. The molecule has 0 saturated carbocycles. The quantitative estimate of drug-likeness (QED) is 0.782. The average molecular weight is 278 g/mol. The third kappa shape index (κ3) is 4.00. The van der Waals surface area contributed by atoms with E-state index in [4.69, 9.17) is 23.1 Å². The van der Waals surface area contributed by atoms with Crippen molar-refractivity contribution in [3.05, 3.63) is 35.4 Å². The predicted octanol–water partition coefficient (Wildman–Crippen LogP) is 2.06. The maximum Gasteiger partial charge on any atom is 0.103 e. The highest BCUT2D eigenvalue weighted by Gasteiger charge is 2.23. The van der Waals surface area contributed by atoms with Gasteiger partial charge in [-0.3, -0.25) is 4.90 Å². The molecule has 0 amide bonds. The summed E-state index contributed by atoms with van der Waals surface area (Å²) in [4.78, 5) is 2.97. The Morgan fingerprint density at radius 3 is 2.74 bits per heavy atom. The fraction of sp³-hybridized carbons (Fsp3) is 0.533. The number of thiocarbonyl (C=S) groups is 1. The van der Waals surface area contributed by atoms with E-state index in [1.807, 2.05) is 12.1 Å². The molecule has 1 aliphatic heterocycles. The molecule has 1 aliphatic rings. The van der Waals surface area contributed by atoms with Crippen molar-refractivity contribution in [1.82, 2.24) is 4.90 Å². The fourth-order valence-corrected chi connectivity index (χ4v) is 2.90. The highest BCUT2D eigenvalue weighted by molar-refractivity contribution is 7.80. The smallest absolute Gasteiger partial charge is 0.103 e. The lowest BCUT2D eigenvalue weighted by atomic mass is 10.1. The second-order valence-corrected chi connectivity index (χ2v) is 5.63. The van der Waals surface area contributed by atoms with Gasteiger partial charge in [-0.05, 0) is 37.8 Å². The Bertz CT molecular complexity index is 419. The van der Waals surface area contributed by atoms with E-state index in [2.05, 4.69) is 17.0 Å². The van der Waals surface area contributed by atoms with E-state index in [0.717, 1.165) is 31.5 Å². The fourth-order valence-electron chi connectivity index (χ4n) is 2.77. The lowest BCUT2D eigenvalue weighted by molar-refractivity contribution is 0.210. The Labute approximate surface area is 120 Å². The number of aliphatic hydroxyl groups excluding tert-OH is 1. The molecule has 1 aromatic rings. The van der Waals surface area contributed by atoms with E-state index in [1.54, 1.807) is 0 Å². The molecule has 3 nitrogen and oxygen atoms in total. The van der Waals surface area contributed by atoms with E-state index >= 15 is 0 Å². The number of rotatable bonds is 6. The average Bonchev–Trinajstić information content (AvgIpc) is 2.84. The van der Waals surface area contributed by atoms with Gasteiger partial charge < -0.3 is 10.8 Å². The number of benzene rings is 1. The van der Waals surface area contributed by atoms with Crippen LogP contribution in [-0.4, -0.2) is 34.2 Å². The summed E-state index contributed by atoms with van der Waals surface area (Å²) in [6.07, 6.45) is 4.52. The summed E-state index contributed by atoms with van der Waals surface area (Å²) in [5, 5.41) is 8.94. The van der Waals surface area contributed by atoms with Crippen LogP contribution in [-0.2, 0) is 6.54 Å². The van der Waals surface area contributed by atoms with E-state index < -0.39 is 0 Å². The number of nitrogens with zero attached hydrogens (tertiary/aromatic N) is 1. The van der Waals surface area contributed by atoms with Gasteiger partial charge >= 0.3 is 0 Å². The first-order valence-corrected chi connectivity index (χ1v) is 7.35. The first-order chi connectivity index (χ1) is 9.20. The lowest BCUT2D eigenvalue weighted by Gasteiger charge is -2.24. The Morgan fingerprint density at radius 1 is 1.37 bits per heavy atom. The molecular weight excluding hydrogens is 256 g/mol. The Hall–Kier alpha value is -0.970.